The van der Waals surface area contributed by atoms with Gasteiger partial charge in [0.1, 0.15) is 0 Å². The molecule has 9 heteroatoms. The van der Waals surface area contributed by atoms with Gasteiger partial charge in [-0.25, -0.2) is 5.43 Å². The third-order valence-corrected chi connectivity index (χ3v) is 6.83. The summed E-state index contributed by atoms with van der Waals surface area (Å²) in [4.78, 5) is 30.2. The number of amides is 2. The highest BCUT2D eigenvalue weighted by atomic mass is 32.1. The van der Waals surface area contributed by atoms with Crippen LogP contribution in [0.25, 0.3) is 0 Å². The first-order valence-corrected chi connectivity index (χ1v) is 12.9. The topological polar surface area (TPSA) is 97.3 Å². The van der Waals surface area contributed by atoms with Crippen LogP contribution in [0.5, 0.6) is 0 Å². The van der Waals surface area contributed by atoms with Gasteiger partial charge in [0.05, 0.1) is 24.1 Å². The number of carbonyl (C=O) groups excluding carboxylic acids is 2. The SMILES string of the molecule is Cc1ccc(/C=N/NC(=O)c2cscc2NC(=O)c2cccc(CN3CCN(CCO)CC3)c2)cc1. The fourth-order valence-electron chi connectivity index (χ4n) is 4.02. The fraction of sp³-hybridized carbons (Fsp3) is 0.296. The highest BCUT2D eigenvalue weighted by Gasteiger charge is 2.18. The van der Waals surface area contributed by atoms with Crippen LogP contribution in [0.4, 0.5) is 5.69 Å². The normalized spacial score (nSPS) is 14.7. The van der Waals surface area contributed by atoms with Gasteiger partial charge in [0.25, 0.3) is 11.8 Å². The number of thiophene rings is 1. The molecule has 1 aromatic heterocycles. The third kappa shape index (κ3) is 7.08. The van der Waals surface area contributed by atoms with E-state index in [1.807, 2.05) is 49.4 Å². The van der Waals surface area contributed by atoms with Crippen molar-refractivity contribution in [1.29, 1.82) is 0 Å². The minimum absolute atomic E-state index is 0.186. The summed E-state index contributed by atoms with van der Waals surface area (Å²) in [6.45, 7) is 7.38. The number of hydrogen-bond acceptors (Lipinski definition) is 7. The zero-order valence-electron chi connectivity index (χ0n) is 20.3. The van der Waals surface area contributed by atoms with Crippen LogP contribution in [-0.2, 0) is 6.54 Å². The second kappa shape index (κ2) is 12.5. The van der Waals surface area contributed by atoms with Crippen molar-refractivity contribution in [2.75, 3.05) is 44.6 Å². The summed E-state index contributed by atoms with van der Waals surface area (Å²) in [5.74, 6) is -0.649. The summed E-state index contributed by atoms with van der Waals surface area (Å²) in [5.41, 5.74) is 6.99. The molecule has 4 rings (SSSR count). The lowest BCUT2D eigenvalue weighted by molar-refractivity contribution is 0.0956. The monoisotopic (exact) mass is 505 g/mol. The molecule has 8 nitrogen and oxygen atoms in total. The number of aryl methyl sites for hydroxylation is 1. The molecule has 1 aliphatic rings. The van der Waals surface area contributed by atoms with Gasteiger partial charge < -0.3 is 10.4 Å². The number of carbonyl (C=O) groups is 2. The molecule has 3 aromatic rings. The van der Waals surface area contributed by atoms with E-state index in [9.17, 15) is 9.59 Å². The number of nitrogens with one attached hydrogen (secondary N) is 2. The van der Waals surface area contributed by atoms with Crippen LogP contribution in [0.15, 0.2) is 64.4 Å². The molecular weight excluding hydrogens is 474 g/mol. The summed E-state index contributed by atoms with van der Waals surface area (Å²) < 4.78 is 0. The average molecular weight is 506 g/mol. The first-order chi connectivity index (χ1) is 17.5. The number of piperazine rings is 1. The van der Waals surface area contributed by atoms with Crippen molar-refractivity contribution in [2.45, 2.75) is 13.5 Å². The number of nitrogens with zero attached hydrogens (tertiary/aromatic N) is 3. The molecule has 3 N–H and O–H groups in total. The maximum Gasteiger partial charge on any atom is 0.274 e. The molecule has 2 amide bonds. The van der Waals surface area contributed by atoms with Gasteiger partial charge in [0.2, 0.25) is 0 Å². The number of aliphatic hydroxyl groups is 1. The number of β-amino-alcohol motifs (C(OH)–C–C–N with tert-alkyl or cyclic N) is 1. The summed E-state index contributed by atoms with van der Waals surface area (Å²) in [6, 6.07) is 15.4. The number of rotatable bonds is 9. The van der Waals surface area contributed by atoms with Crippen LogP contribution >= 0.6 is 11.3 Å². The van der Waals surface area contributed by atoms with Crippen molar-refractivity contribution >= 4 is 35.1 Å². The lowest BCUT2D eigenvalue weighted by Gasteiger charge is -2.34. The van der Waals surface area contributed by atoms with Crippen LogP contribution in [0, 0.1) is 6.92 Å². The molecule has 1 saturated heterocycles. The zero-order chi connectivity index (χ0) is 25.3. The Balaban J connectivity index is 1.33. The summed E-state index contributed by atoms with van der Waals surface area (Å²) >= 11 is 1.34. The number of anilines is 1. The maximum atomic E-state index is 13.0. The molecule has 188 valence electrons. The molecule has 0 aliphatic carbocycles. The van der Waals surface area contributed by atoms with E-state index in [-0.39, 0.29) is 18.4 Å². The highest BCUT2D eigenvalue weighted by Crippen LogP contribution is 2.22. The van der Waals surface area contributed by atoms with Gasteiger partial charge >= 0.3 is 0 Å². The lowest BCUT2D eigenvalue weighted by Crippen LogP contribution is -2.46. The van der Waals surface area contributed by atoms with E-state index >= 15 is 0 Å². The molecule has 0 spiro atoms. The second-order valence-electron chi connectivity index (χ2n) is 8.80. The van der Waals surface area contributed by atoms with Gasteiger partial charge in [-0.2, -0.15) is 5.10 Å². The third-order valence-electron chi connectivity index (χ3n) is 6.09. The standard InChI is InChI=1S/C27H31N5O3S/c1-20-5-7-21(8-6-20)16-28-30-27(35)24-18-36-19-25(24)29-26(34)23-4-2-3-22(15-23)17-32-11-9-31(10-12-32)13-14-33/h2-8,15-16,18-19,33H,9-14,17H2,1H3,(H,29,34)(H,30,35)/b28-16+. The first kappa shape index (κ1) is 25.7. The summed E-state index contributed by atoms with van der Waals surface area (Å²) in [5, 5.41) is 19.4. The first-order valence-electron chi connectivity index (χ1n) is 11.9. The molecule has 2 aromatic carbocycles. The fourth-order valence-corrected chi connectivity index (χ4v) is 4.78. The largest absolute Gasteiger partial charge is 0.395 e. The lowest BCUT2D eigenvalue weighted by atomic mass is 10.1. The van der Waals surface area contributed by atoms with Crippen molar-refractivity contribution < 1.29 is 14.7 Å². The zero-order valence-corrected chi connectivity index (χ0v) is 21.1. The van der Waals surface area contributed by atoms with Gasteiger partial charge in [-0.05, 0) is 30.2 Å². The van der Waals surface area contributed by atoms with Gasteiger partial charge in [-0.3, -0.25) is 19.4 Å². The van der Waals surface area contributed by atoms with Gasteiger partial charge in [0, 0.05) is 55.6 Å². The maximum absolute atomic E-state index is 13.0. The van der Waals surface area contributed by atoms with Crippen LogP contribution in [0.1, 0.15) is 37.4 Å². The van der Waals surface area contributed by atoms with Crippen LogP contribution < -0.4 is 10.7 Å². The van der Waals surface area contributed by atoms with E-state index in [0.29, 0.717) is 23.4 Å². The summed E-state index contributed by atoms with van der Waals surface area (Å²) in [6.07, 6.45) is 1.58. The molecule has 0 unspecified atom stereocenters. The molecule has 0 saturated carbocycles. The van der Waals surface area contributed by atoms with E-state index in [1.54, 1.807) is 23.0 Å². The van der Waals surface area contributed by atoms with Crippen molar-refractivity contribution in [2.24, 2.45) is 5.10 Å². The highest BCUT2D eigenvalue weighted by molar-refractivity contribution is 7.08. The summed E-state index contributed by atoms with van der Waals surface area (Å²) in [7, 11) is 0. The second-order valence-corrected chi connectivity index (χ2v) is 9.55. The molecule has 0 bridgehead atoms. The Kier molecular flexibility index (Phi) is 8.96. The van der Waals surface area contributed by atoms with Crippen LogP contribution in [0.2, 0.25) is 0 Å². The van der Waals surface area contributed by atoms with Gasteiger partial charge in [-0.1, -0.05) is 42.0 Å². The number of hydrazone groups is 1. The Morgan fingerprint density at radius 3 is 2.53 bits per heavy atom. The van der Waals surface area contributed by atoms with Crippen molar-refractivity contribution in [3.63, 3.8) is 0 Å². The molecule has 2 heterocycles. The molecule has 1 aliphatic heterocycles. The van der Waals surface area contributed by atoms with E-state index in [4.69, 9.17) is 5.11 Å². The molecule has 36 heavy (non-hydrogen) atoms. The molecular formula is C27H31N5O3S. The predicted molar refractivity (Wildman–Crippen MR) is 144 cm³/mol. The van der Waals surface area contributed by atoms with Crippen molar-refractivity contribution in [3.05, 3.63) is 87.1 Å². The van der Waals surface area contributed by atoms with Crippen molar-refractivity contribution in [3.8, 4) is 0 Å². The van der Waals surface area contributed by atoms with Crippen LogP contribution in [-0.4, -0.2) is 72.3 Å². The Morgan fingerprint density at radius 2 is 1.78 bits per heavy atom. The minimum Gasteiger partial charge on any atom is -0.395 e. The van der Waals surface area contributed by atoms with E-state index in [1.165, 1.54) is 11.3 Å². The number of hydrogen-bond donors (Lipinski definition) is 3. The Labute approximate surface area is 215 Å². The Morgan fingerprint density at radius 1 is 1.03 bits per heavy atom. The predicted octanol–water partition coefficient (Wildman–Crippen LogP) is 3.18. The number of benzene rings is 2. The minimum atomic E-state index is -0.385. The molecule has 1 fully saturated rings. The molecule has 0 radical (unpaired) electrons. The van der Waals surface area contributed by atoms with Crippen LogP contribution in [0.3, 0.4) is 0 Å². The number of aliphatic hydroxyl groups excluding tert-OH is 1. The Bertz CT molecular complexity index is 1200. The average Bonchev–Trinajstić information content (AvgIpc) is 3.35. The van der Waals surface area contributed by atoms with Gasteiger partial charge in [0.15, 0.2) is 0 Å². The smallest absolute Gasteiger partial charge is 0.274 e. The van der Waals surface area contributed by atoms with E-state index in [0.717, 1.165) is 49.4 Å². The quantitative estimate of drug-likeness (QED) is 0.307. The van der Waals surface area contributed by atoms with E-state index < -0.39 is 0 Å². The Hall–Kier alpha value is -3.37. The van der Waals surface area contributed by atoms with Crippen molar-refractivity contribution in [1.82, 2.24) is 15.2 Å². The van der Waals surface area contributed by atoms with Gasteiger partial charge in [-0.15, -0.1) is 11.3 Å². The van der Waals surface area contributed by atoms with E-state index in [2.05, 4.69) is 25.6 Å². The molecule has 0 atom stereocenters.